The molecule has 0 aliphatic carbocycles. The smallest absolute Gasteiger partial charge is 0.387 e. The number of aromatic nitrogens is 2. The molecule has 0 radical (unpaired) electrons. The number of rotatable bonds is 6. The van der Waals surface area contributed by atoms with Gasteiger partial charge < -0.3 is 14.6 Å². The van der Waals surface area contributed by atoms with Gasteiger partial charge in [-0.1, -0.05) is 0 Å². The zero-order valence-electron chi connectivity index (χ0n) is 11.4. The van der Waals surface area contributed by atoms with Gasteiger partial charge in [0.25, 0.3) is 5.91 Å². The molecule has 112 valence electrons. The van der Waals surface area contributed by atoms with Crippen LogP contribution in [-0.4, -0.2) is 28.6 Å². The highest BCUT2D eigenvalue weighted by atomic mass is 19.3. The average Bonchev–Trinajstić information content (AvgIpc) is 2.84. The number of aryl methyl sites for hydroxylation is 1. The van der Waals surface area contributed by atoms with E-state index < -0.39 is 6.61 Å². The molecule has 0 spiro atoms. The van der Waals surface area contributed by atoms with Crippen LogP contribution < -0.4 is 10.1 Å². The molecule has 0 atom stereocenters. The fourth-order valence-corrected chi connectivity index (χ4v) is 1.82. The first-order valence-electron chi connectivity index (χ1n) is 6.35. The number of imidazole rings is 1. The summed E-state index contributed by atoms with van der Waals surface area (Å²) >= 11 is 0. The van der Waals surface area contributed by atoms with Crippen LogP contribution in [-0.2, 0) is 13.5 Å². The minimum absolute atomic E-state index is 0.0227. The van der Waals surface area contributed by atoms with Gasteiger partial charge in [0.2, 0.25) is 0 Å². The summed E-state index contributed by atoms with van der Waals surface area (Å²) in [7, 11) is 1.88. The lowest BCUT2D eigenvalue weighted by Crippen LogP contribution is -2.26. The second kappa shape index (κ2) is 6.83. The van der Waals surface area contributed by atoms with E-state index in [0.29, 0.717) is 18.5 Å². The van der Waals surface area contributed by atoms with Gasteiger partial charge in [0, 0.05) is 38.0 Å². The monoisotopic (exact) mass is 295 g/mol. The molecule has 21 heavy (non-hydrogen) atoms. The van der Waals surface area contributed by atoms with Crippen LogP contribution in [0.1, 0.15) is 16.2 Å². The largest absolute Gasteiger partial charge is 0.435 e. The van der Waals surface area contributed by atoms with Gasteiger partial charge in [0.1, 0.15) is 11.6 Å². The molecule has 0 fully saturated rings. The van der Waals surface area contributed by atoms with Crippen molar-refractivity contribution >= 4 is 5.91 Å². The topological polar surface area (TPSA) is 56.2 Å². The number of carbonyl (C=O) groups excluding carboxylic acids is 1. The van der Waals surface area contributed by atoms with E-state index in [1.54, 1.807) is 6.20 Å². The highest BCUT2D eigenvalue weighted by Crippen LogP contribution is 2.14. The summed E-state index contributed by atoms with van der Waals surface area (Å²) < 4.78 is 30.1. The molecule has 0 saturated carbocycles. The predicted octanol–water partition coefficient (Wildman–Crippen LogP) is 1.99. The van der Waals surface area contributed by atoms with Crippen molar-refractivity contribution in [3.05, 3.63) is 48.0 Å². The fraction of sp³-hybridized carbons (Fsp3) is 0.286. The first-order chi connectivity index (χ1) is 10.1. The molecule has 0 saturated heterocycles. The Balaban J connectivity index is 1.84. The Kier molecular flexibility index (Phi) is 4.86. The third kappa shape index (κ3) is 4.27. The molecule has 1 aromatic heterocycles. The standard InChI is InChI=1S/C14H15F2N3O2/c1-19-9-8-17-12(19)6-7-18-13(20)10-2-4-11(5-3-10)21-14(15)16/h2-5,8-9,14H,6-7H2,1H3,(H,18,20). The van der Waals surface area contributed by atoms with E-state index in [4.69, 9.17) is 0 Å². The van der Waals surface area contributed by atoms with E-state index >= 15 is 0 Å². The maximum absolute atomic E-state index is 12.0. The number of amides is 1. The summed E-state index contributed by atoms with van der Waals surface area (Å²) in [6.07, 6.45) is 4.14. The Hall–Kier alpha value is -2.44. The first-order valence-corrected chi connectivity index (χ1v) is 6.35. The number of benzene rings is 1. The lowest BCUT2D eigenvalue weighted by molar-refractivity contribution is -0.0498. The van der Waals surface area contributed by atoms with Crippen molar-refractivity contribution in [2.75, 3.05) is 6.54 Å². The minimum atomic E-state index is -2.87. The molecule has 7 heteroatoms. The predicted molar refractivity (Wildman–Crippen MR) is 72.3 cm³/mol. The Labute approximate surface area is 120 Å². The van der Waals surface area contributed by atoms with E-state index in [9.17, 15) is 13.6 Å². The zero-order chi connectivity index (χ0) is 15.2. The average molecular weight is 295 g/mol. The van der Waals surface area contributed by atoms with Crippen LogP contribution in [0.2, 0.25) is 0 Å². The van der Waals surface area contributed by atoms with Crippen LogP contribution in [0.15, 0.2) is 36.7 Å². The number of halogens is 2. The van der Waals surface area contributed by atoms with Crippen molar-refractivity contribution in [1.82, 2.24) is 14.9 Å². The second-order valence-electron chi connectivity index (χ2n) is 4.36. The SMILES string of the molecule is Cn1ccnc1CCNC(=O)c1ccc(OC(F)F)cc1. The summed E-state index contributed by atoms with van der Waals surface area (Å²) in [5.41, 5.74) is 0.386. The zero-order valence-corrected chi connectivity index (χ0v) is 11.4. The van der Waals surface area contributed by atoms with E-state index in [1.165, 1.54) is 24.3 Å². The summed E-state index contributed by atoms with van der Waals surface area (Å²) in [4.78, 5) is 16.0. The minimum Gasteiger partial charge on any atom is -0.435 e. The second-order valence-corrected chi connectivity index (χ2v) is 4.36. The van der Waals surface area contributed by atoms with Gasteiger partial charge in [-0.3, -0.25) is 4.79 Å². The van der Waals surface area contributed by atoms with Crippen molar-refractivity contribution < 1.29 is 18.3 Å². The van der Waals surface area contributed by atoms with Gasteiger partial charge in [0.15, 0.2) is 0 Å². The summed E-state index contributed by atoms with van der Waals surface area (Å²) in [5.74, 6) is 0.623. The van der Waals surface area contributed by atoms with E-state index in [2.05, 4.69) is 15.0 Å². The highest BCUT2D eigenvalue weighted by molar-refractivity contribution is 5.94. The maximum atomic E-state index is 12.0. The fourth-order valence-electron chi connectivity index (χ4n) is 1.82. The molecule has 0 aliphatic rings. The molecule has 2 aromatic rings. The molecule has 0 bridgehead atoms. The van der Waals surface area contributed by atoms with Crippen LogP contribution in [0.4, 0.5) is 8.78 Å². The quantitative estimate of drug-likeness (QED) is 0.886. The van der Waals surface area contributed by atoms with Crippen LogP contribution in [0.25, 0.3) is 0 Å². The maximum Gasteiger partial charge on any atom is 0.387 e. The van der Waals surface area contributed by atoms with Crippen LogP contribution >= 0.6 is 0 Å². The van der Waals surface area contributed by atoms with Crippen molar-refractivity contribution in [3.63, 3.8) is 0 Å². The third-order valence-electron chi connectivity index (χ3n) is 2.90. The number of hydrogen-bond donors (Lipinski definition) is 1. The number of carbonyl (C=O) groups is 1. The van der Waals surface area contributed by atoms with Gasteiger partial charge in [-0.25, -0.2) is 4.98 Å². The molecule has 1 N–H and O–H groups in total. The van der Waals surface area contributed by atoms with E-state index in [0.717, 1.165) is 5.82 Å². The molecule has 5 nitrogen and oxygen atoms in total. The van der Waals surface area contributed by atoms with Crippen LogP contribution in [0.5, 0.6) is 5.75 Å². The number of hydrogen-bond acceptors (Lipinski definition) is 3. The Morgan fingerprint density at radius 1 is 1.38 bits per heavy atom. The van der Waals surface area contributed by atoms with Gasteiger partial charge in [-0.2, -0.15) is 8.78 Å². The molecule has 0 unspecified atom stereocenters. The summed E-state index contributed by atoms with van der Waals surface area (Å²) in [5, 5.41) is 2.74. The number of alkyl halides is 2. The van der Waals surface area contributed by atoms with Gasteiger partial charge >= 0.3 is 6.61 Å². The first kappa shape index (κ1) is 15.0. The van der Waals surface area contributed by atoms with Gasteiger partial charge in [-0.15, -0.1) is 0 Å². The Bertz CT molecular complexity index is 597. The summed E-state index contributed by atoms with van der Waals surface area (Å²) in [6, 6.07) is 5.54. The lowest BCUT2D eigenvalue weighted by Gasteiger charge is -2.07. The van der Waals surface area contributed by atoms with Gasteiger partial charge in [0.05, 0.1) is 0 Å². The van der Waals surface area contributed by atoms with Crippen molar-refractivity contribution in [2.24, 2.45) is 7.05 Å². The molecule has 0 aliphatic heterocycles. The van der Waals surface area contributed by atoms with E-state index in [1.807, 2.05) is 17.8 Å². The summed E-state index contributed by atoms with van der Waals surface area (Å²) in [6.45, 7) is -2.43. The Morgan fingerprint density at radius 3 is 2.67 bits per heavy atom. The molecular formula is C14H15F2N3O2. The normalized spacial score (nSPS) is 10.7. The lowest BCUT2D eigenvalue weighted by atomic mass is 10.2. The molecular weight excluding hydrogens is 280 g/mol. The third-order valence-corrected chi connectivity index (χ3v) is 2.90. The number of nitrogens with one attached hydrogen (secondary N) is 1. The van der Waals surface area contributed by atoms with Crippen molar-refractivity contribution in [2.45, 2.75) is 13.0 Å². The number of ether oxygens (including phenoxy) is 1. The molecule has 1 heterocycles. The highest BCUT2D eigenvalue weighted by Gasteiger charge is 2.08. The van der Waals surface area contributed by atoms with Crippen molar-refractivity contribution in [3.8, 4) is 5.75 Å². The molecule has 2 rings (SSSR count). The van der Waals surface area contributed by atoms with Crippen molar-refractivity contribution in [1.29, 1.82) is 0 Å². The van der Waals surface area contributed by atoms with Crippen LogP contribution in [0, 0.1) is 0 Å². The van der Waals surface area contributed by atoms with E-state index in [-0.39, 0.29) is 11.7 Å². The van der Waals surface area contributed by atoms with Crippen LogP contribution in [0.3, 0.4) is 0 Å². The van der Waals surface area contributed by atoms with Gasteiger partial charge in [-0.05, 0) is 24.3 Å². The molecule has 1 aromatic carbocycles. The molecule has 1 amide bonds. The number of nitrogens with zero attached hydrogens (tertiary/aromatic N) is 2. The Morgan fingerprint density at radius 2 is 2.10 bits per heavy atom.